The van der Waals surface area contributed by atoms with E-state index in [4.69, 9.17) is 0 Å². The van der Waals surface area contributed by atoms with Crippen LogP contribution >= 0.6 is 0 Å². The molecule has 1 heterocycles. The molecule has 3 N–H and O–H groups in total. The first kappa shape index (κ1) is 13.7. The van der Waals surface area contributed by atoms with E-state index >= 15 is 0 Å². The Morgan fingerprint density at radius 3 is 2.94 bits per heavy atom. The molecular formula is C12H22N4O. The zero-order valence-electron chi connectivity index (χ0n) is 10.6. The van der Waals surface area contributed by atoms with Gasteiger partial charge in [0.25, 0.3) is 0 Å². The van der Waals surface area contributed by atoms with Gasteiger partial charge in [0, 0.05) is 44.4 Å². The highest BCUT2D eigenvalue weighted by molar-refractivity contribution is 5.75. The van der Waals surface area contributed by atoms with Crippen molar-refractivity contribution < 1.29 is 4.79 Å². The quantitative estimate of drug-likeness (QED) is 0.588. The molecule has 0 saturated carbocycles. The van der Waals surface area contributed by atoms with Gasteiger partial charge < -0.3 is 15.6 Å². The Balaban J connectivity index is 1.97. The molecular weight excluding hydrogens is 216 g/mol. The molecule has 0 radical (unpaired) electrons. The zero-order chi connectivity index (χ0) is 12.5. The van der Waals surface area contributed by atoms with Crippen LogP contribution in [0.3, 0.4) is 0 Å². The lowest BCUT2D eigenvalue weighted by Crippen LogP contribution is -2.31. The van der Waals surface area contributed by atoms with Crippen molar-refractivity contribution in [2.75, 3.05) is 13.1 Å². The Kier molecular flexibility index (Phi) is 6.32. The fraction of sp³-hybridized carbons (Fsp3) is 0.667. The fourth-order valence-electron chi connectivity index (χ4n) is 1.48. The average molecular weight is 238 g/mol. The third kappa shape index (κ3) is 6.73. The van der Waals surface area contributed by atoms with E-state index in [9.17, 15) is 4.79 Å². The van der Waals surface area contributed by atoms with E-state index in [1.807, 2.05) is 6.20 Å². The Labute approximate surface area is 102 Å². The molecule has 5 heteroatoms. The highest BCUT2D eigenvalue weighted by Gasteiger charge is 2.01. The monoisotopic (exact) mass is 238 g/mol. The maximum Gasteiger partial charge on any atom is 0.221 e. The smallest absolute Gasteiger partial charge is 0.221 e. The minimum Gasteiger partial charge on any atom is -0.356 e. The lowest BCUT2D eigenvalue weighted by Gasteiger charge is -2.08. The van der Waals surface area contributed by atoms with Gasteiger partial charge >= 0.3 is 0 Å². The first-order chi connectivity index (χ1) is 8.18. The maximum absolute atomic E-state index is 11.4. The van der Waals surface area contributed by atoms with Crippen molar-refractivity contribution in [2.45, 2.75) is 39.2 Å². The largest absolute Gasteiger partial charge is 0.356 e. The van der Waals surface area contributed by atoms with Crippen molar-refractivity contribution in [3.05, 3.63) is 18.2 Å². The van der Waals surface area contributed by atoms with Gasteiger partial charge in [0.1, 0.15) is 5.82 Å². The van der Waals surface area contributed by atoms with Gasteiger partial charge in [-0.1, -0.05) is 13.8 Å². The molecule has 0 bridgehead atoms. The van der Waals surface area contributed by atoms with Crippen LogP contribution < -0.4 is 10.6 Å². The maximum atomic E-state index is 11.4. The van der Waals surface area contributed by atoms with E-state index in [1.54, 1.807) is 6.20 Å². The first-order valence-electron chi connectivity index (χ1n) is 6.17. The molecule has 0 fully saturated rings. The van der Waals surface area contributed by atoms with Crippen LogP contribution in [0.15, 0.2) is 12.4 Å². The van der Waals surface area contributed by atoms with Crippen LogP contribution in [0, 0.1) is 0 Å². The highest BCUT2D eigenvalue weighted by atomic mass is 16.1. The molecule has 0 unspecified atom stereocenters. The van der Waals surface area contributed by atoms with Gasteiger partial charge in [0.2, 0.25) is 5.91 Å². The molecule has 96 valence electrons. The van der Waals surface area contributed by atoms with Gasteiger partial charge in [0.05, 0.1) is 0 Å². The summed E-state index contributed by atoms with van der Waals surface area (Å²) in [5.41, 5.74) is 0. The fourth-order valence-corrected chi connectivity index (χ4v) is 1.48. The standard InChI is InChI=1S/C12H22N4O/c1-10(2)13-7-5-12(17)16-6-3-4-11-14-8-9-15-11/h8-10,13H,3-7H2,1-2H3,(H,14,15)(H,16,17). The summed E-state index contributed by atoms with van der Waals surface area (Å²) in [5.74, 6) is 1.08. The lowest BCUT2D eigenvalue weighted by atomic mass is 10.3. The van der Waals surface area contributed by atoms with E-state index in [1.165, 1.54) is 0 Å². The third-order valence-electron chi connectivity index (χ3n) is 2.37. The molecule has 17 heavy (non-hydrogen) atoms. The first-order valence-corrected chi connectivity index (χ1v) is 6.17. The van der Waals surface area contributed by atoms with E-state index < -0.39 is 0 Å². The molecule has 0 saturated heterocycles. The number of aromatic amines is 1. The number of nitrogens with one attached hydrogen (secondary N) is 3. The Morgan fingerprint density at radius 1 is 1.47 bits per heavy atom. The molecule has 0 spiro atoms. The van der Waals surface area contributed by atoms with E-state index in [-0.39, 0.29) is 5.91 Å². The van der Waals surface area contributed by atoms with Gasteiger partial charge in [-0.25, -0.2) is 4.98 Å². The van der Waals surface area contributed by atoms with Gasteiger partial charge in [-0.2, -0.15) is 0 Å². The molecule has 1 aromatic rings. The highest BCUT2D eigenvalue weighted by Crippen LogP contribution is 1.93. The minimum atomic E-state index is 0.109. The van der Waals surface area contributed by atoms with E-state index in [2.05, 4.69) is 34.4 Å². The number of amides is 1. The number of carbonyl (C=O) groups excluding carboxylic acids is 1. The van der Waals surface area contributed by atoms with Crippen LogP contribution in [0.4, 0.5) is 0 Å². The van der Waals surface area contributed by atoms with Crippen molar-refractivity contribution >= 4 is 5.91 Å². The molecule has 1 rings (SSSR count). The van der Waals surface area contributed by atoms with Crippen molar-refractivity contribution in [1.82, 2.24) is 20.6 Å². The predicted molar refractivity (Wildman–Crippen MR) is 67.7 cm³/mol. The van der Waals surface area contributed by atoms with Crippen molar-refractivity contribution in [3.63, 3.8) is 0 Å². The third-order valence-corrected chi connectivity index (χ3v) is 2.37. The number of nitrogens with zero attached hydrogens (tertiary/aromatic N) is 1. The van der Waals surface area contributed by atoms with E-state index in [0.717, 1.165) is 25.2 Å². The molecule has 1 aromatic heterocycles. The van der Waals surface area contributed by atoms with Crippen LogP contribution in [-0.2, 0) is 11.2 Å². The minimum absolute atomic E-state index is 0.109. The Hall–Kier alpha value is -1.36. The SMILES string of the molecule is CC(C)NCCC(=O)NCCCc1ncc[nH]1. The second-order valence-electron chi connectivity index (χ2n) is 4.35. The van der Waals surface area contributed by atoms with Crippen molar-refractivity contribution in [1.29, 1.82) is 0 Å². The summed E-state index contributed by atoms with van der Waals surface area (Å²) in [6, 6.07) is 0.432. The van der Waals surface area contributed by atoms with Crippen LogP contribution in [0.25, 0.3) is 0 Å². The van der Waals surface area contributed by atoms with Crippen LogP contribution in [0.5, 0.6) is 0 Å². The van der Waals surface area contributed by atoms with Gasteiger partial charge in [-0.05, 0) is 6.42 Å². The number of rotatable bonds is 8. The van der Waals surface area contributed by atoms with Gasteiger partial charge in [0.15, 0.2) is 0 Å². The summed E-state index contributed by atoms with van der Waals surface area (Å²) in [6.07, 6.45) is 5.88. The summed E-state index contributed by atoms with van der Waals surface area (Å²) in [4.78, 5) is 18.6. The number of imidazole rings is 1. The topological polar surface area (TPSA) is 69.8 Å². The molecule has 0 aliphatic carbocycles. The van der Waals surface area contributed by atoms with Gasteiger partial charge in [-0.3, -0.25) is 4.79 Å². The van der Waals surface area contributed by atoms with Crippen LogP contribution in [0.2, 0.25) is 0 Å². The Bertz CT molecular complexity index is 308. The molecule has 0 atom stereocenters. The van der Waals surface area contributed by atoms with Crippen molar-refractivity contribution in [3.8, 4) is 0 Å². The number of carbonyl (C=O) groups is 1. The Morgan fingerprint density at radius 2 is 2.29 bits per heavy atom. The predicted octanol–water partition coefficient (Wildman–Crippen LogP) is 0.847. The number of aryl methyl sites for hydroxylation is 1. The molecule has 0 aromatic carbocycles. The number of aromatic nitrogens is 2. The van der Waals surface area contributed by atoms with E-state index in [0.29, 0.717) is 19.0 Å². The number of hydrogen-bond donors (Lipinski definition) is 3. The van der Waals surface area contributed by atoms with Gasteiger partial charge in [-0.15, -0.1) is 0 Å². The average Bonchev–Trinajstić information content (AvgIpc) is 2.76. The molecule has 5 nitrogen and oxygen atoms in total. The molecule has 0 aliphatic heterocycles. The summed E-state index contributed by atoms with van der Waals surface area (Å²) in [5, 5.41) is 6.11. The zero-order valence-corrected chi connectivity index (χ0v) is 10.6. The normalized spacial score (nSPS) is 10.8. The second-order valence-corrected chi connectivity index (χ2v) is 4.35. The van der Waals surface area contributed by atoms with Crippen LogP contribution in [0.1, 0.15) is 32.5 Å². The summed E-state index contributed by atoms with van der Waals surface area (Å²) in [7, 11) is 0. The summed E-state index contributed by atoms with van der Waals surface area (Å²) in [6.45, 7) is 5.59. The number of H-pyrrole nitrogens is 1. The number of hydrogen-bond acceptors (Lipinski definition) is 3. The second kappa shape index (κ2) is 7.84. The summed E-state index contributed by atoms with van der Waals surface area (Å²) >= 11 is 0. The molecule has 1 amide bonds. The van der Waals surface area contributed by atoms with Crippen LogP contribution in [-0.4, -0.2) is 35.0 Å². The summed E-state index contributed by atoms with van der Waals surface area (Å²) < 4.78 is 0. The van der Waals surface area contributed by atoms with Crippen molar-refractivity contribution in [2.24, 2.45) is 0 Å². The lowest BCUT2D eigenvalue weighted by molar-refractivity contribution is -0.121. The molecule has 0 aliphatic rings.